The molecule has 3 heteroatoms. The van der Waals surface area contributed by atoms with Crippen LogP contribution in [0.25, 0.3) is 0 Å². The molecule has 0 saturated carbocycles. The summed E-state index contributed by atoms with van der Waals surface area (Å²) in [7, 11) is 0. The molecule has 1 aliphatic rings. The van der Waals surface area contributed by atoms with Gasteiger partial charge in [-0.05, 0) is 31.0 Å². The number of nitrogens with zero attached hydrogens (tertiary/aromatic N) is 1. The molecule has 1 unspecified atom stereocenters. The van der Waals surface area contributed by atoms with E-state index >= 15 is 0 Å². The van der Waals surface area contributed by atoms with Crippen molar-refractivity contribution in [3.05, 3.63) is 23.8 Å². The first kappa shape index (κ1) is 11.3. The summed E-state index contributed by atoms with van der Waals surface area (Å²) in [5.41, 5.74) is 2.07. The molecule has 0 radical (unpaired) electrons. The summed E-state index contributed by atoms with van der Waals surface area (Å²) in [6.07, 6.45) is 0.703. The smallest absolute Gasteiger partial charge is 0.142 e. The van der Waals surface area contributed by atoms with Crippen LogP contribution in [-0.2, 0) is 0 Å². The van der Waals surface area contributed by atoms with Crippen LogP contribution >= 0.6 is 0 Å². The summed E-state index contributed by atoms with van der Waals surface area (Å²) in [6, 6.07) is 5.92. The Morgan fingerprint density at radius 3 is 3.00 bits per heavy atom. The van der Waals surface area contributed by atoms with Gasteiger partial charge in [-0.1, -0.05) is 13.0 Å². The van der Waals surface area contributed by atoms with Crippen LogP contribution in [0.15, 0.2) is 18.2 Å². The van der Waals surface area contributed by atoms with Crippen molar-refractivity contribution in [2.45, 2.75) is 26.4 Å². The van der Waals surface area contributed by atoms with Crippen LogP contribution in [0.4, 0.5) is 5.69 Å². The summed E-state index contributed by atoms with van der Waals surface area (Å²) in [5.74, 6) is 0.934. The molecule has 0 fully saturated rings. The second-order valence-corrected chi connectivity index (χ2v) is 4.24. The largest absolute Gasteiger partial charge is 0.490 e. The van der Waals surface area contributed by atoms with Crippen LogP contribution in [0.5, 0.6) is 5.75 Å². The second-order valence-electron chi connectivity index (χ2n) is 4.24. The quantitative estimate of drug-likeness (QED) is 0.850. The molecule has 88 valence electrons. The standard InChI is InChI=1S/C13H19NO2/c1-3-6-14-7-8-16-13-5-4-11(10(2)15)9-12(13)14/h4-5,9-10,15H,3,6-8H2,1-2H3. The van der Waals surface area contributed by atoms with Crippen LogP contribution in [0.2, 0.25) is 0 Å². The Morgan fingerprint density at radius 1 is 1.50 bits per heavy atom. The van der Waals surface area contributed by atoms with Crippen molar-refractivity contribution in [3.8, 4) is 5.75 Å². The number of aliphatic hydroxyl groups is 1. The number of aliphatic hydroxyl groups excluding tert-OH is 1. The molecule has 2 rings (SSSR count). The van der Waals surface area contributed by atoms with Crippen molar-refractivity contribution < 1.29 is 9.84 Å². The van der Waals surface area contributed by atoms with Crippen molar-refractivity contribution in [2.24, 2.45) is 0 Å². The predicted octanol–water partition coefficient (Wildman–Crippen LogP) is 2.35. The van der Waals surface area contributed by atoms with Gasteiger partial charge in [0.15, 0.2) is 0 Å². The van der Waals surface area contributed by atoms with Crippen LogP contribution in [-0.4, -0.2) is 24.8 Å². The van der Waals surface area contributed by atoms with Gasteiger partial charge in [-0.3, -0.25) is 0 Å². The highest BCUT2D eigenvalue weighted by atomic mass is 16.5. The Bertz CT molecular complexity index is 363. The third kappa shape index (κ3) is 2.14. The van der Waals surface area contributed by atoms with Gasteiger partial charge in [-0.25, -0.2) is 0 Å². The lowest BCUT2D eigenvalue weighted by Crippen LogP contribution is -2.33. The lowest BCUT2D eigenvalue weighted by atomic mass is 10.1. The van der Waals surface area contributed by atoms with Gasteiger partial charge in [0.25, 0.3) is 0 Å². The van der Waals surface area contributed by atoms with E-state index in [0.717, 1.165) is 43.1 Å². The van der Waals surface area contributed by atoms with Gasteiger partial charge in [-0.15, -0.1) is 0 Å². The maximum atomic E-state index is 9.58. The fourth-order valence-corrected chi connectivity index (χ4v) is 2.05. The number of hydrogen-bond acceptors (Lipinski definition) is 3. The average Bonchev–Trinajstić information content (AvgIpc) is 2.29. The SMILES string of the molecule is CCCN1CCOc2ccc(C(C)O)cc21. The van der Waals surface area contributed by atoms with Crippen LogP contribution in [0, 0.1) is 0 Å². The lowest BCUT2D eigenvalue weighted by Gasteiger charge is -2.31. The molecule has 0 bridgehead atoms. The van der Waals surface area contributed by atoms with E-state index in [4.69, 9.17) is 4.74 Å². The van der Waals surface area contributed by atoms with Crippen molar-refractivity contribution in [2.75, 3.05) is 24.6 Å². The topological polar surface area (TPSA) is 32.7 Å². The molecule has 0 amide bonds. The molecule has 16 heavy (non-hydrogen) atoms. The van der Waals surface area contributed by atoms with E-state index < -0.39 is 6.10 Å². The Hall–Kier alpha value is -1.22. The van der Waals surface area contributed by atoms with Crippen molar-refractivity contribution >= 4 is 5.69 Å². The van der Waals surface area contributed by atoms with Gasteiger partial charge in [0, 0.05) is 6.54 Å². The number of hydrogen-bond donors (Lipinski definition) is 1. The molecule has 1 aromatic rings. The number of ether oxygens (including phenoxy) is 1. The van der Waals surface area contributed by atoms with E-state index in [1.54, 1.807) is 6.92 Å². The molecule has 0 aromatic heterocycles. The molecule has 0 aliphatic carbocycles. The first-order valence-corrected chi connectivity index (χ1v) is 5.92. The third-order valence-electron chi connectivity index (χ3n) is 2.92. The zero-order valence-corrected chi connectivity index (χ0v) is 9.94. The van der Waals surface area contributed by atoms with E-state index in [1.165, 1.54) is 0 Å². The van der Waals surface area contributed by atoms with Crippen molar-refractivity contribution in [1.82, 2.24) is 0 Å². The highest BCUT2D eigenvalue weighted by Gasteiger charge is 2.18. The highest BCUT2D eigenvalue weighted by Crippen LogP contribution is 2.33. The molecule has 1 atom stereocenters. The second kappa shape index (κ2) is 4.74. The number of benzene rings is 1. The molecular weight excluding hydrogens is 202 g/mol. The normalized spacial score (nSPS) is 16.6. The van der Waals surface area contributed by atoms with Crippen LogP contribution in [0.1, 0.15) is 31.9 Å². The summed E-state index contributed by atoms with van der Waals surface area (Å²) in [4.78, 5) is 2.32. The minimum Gasteiger partial charge on any atom is -0.490 e. The van der Waals surface area contributed by atoms with Crippen LogP contribution in [0.3, 0.4) is 0 Å². The third-order valence-corrected chi connectivity index (χ3v) is 2.92. The van der Waals surface area contributed by atoms with E-state index in [2.05, 4.69) is 11.8 Å². The Balaban J connectivity index is 2.32. The molecule has 1 aromatic carbocycles. The maximum Gasteiger partial charge on any atom is 0.142 e. The van der Waals surface area contributed by atoms with E-state index in [9.17, 15) is 5.11 Å². The minimum absolute atomic E-state index is 0.421. The number of fused-ring (bicyclic) bond motifs is 1. The first-order valence-electron chi connectivity index (χ1n) is 5.92. The maximum absolute atomic E-state index is 9.58. The molecule has 0 spiro atoms. The molecule has 0 saturated heterocycles. The first-order chi connectivity index (χ1) is 7.72. The van der Waals surface area contributed by atoms with Gasteiger partial charge in [0.1, 0.15) is 12.4 Å². The Morgan fingerprint density at radius 2 is 2.31 bits per heavy atom. The van der Waals surface area contributed by atoms with Gasteiger partial charge in [0.05, 0.1) is 18.3 Å². The summed E-state index contributed by atoms with van der Waals surface area (Å²) < 4.78 is 5.61. The number of rotatable bonds is 3. The molecule has 1 heterocycles. The molecule has 1 aliphatic heterocycles. The van der Waals surface area contributed by atoms with Gasteiger partial charge >= 0.3 is 0 Å². The van der Waals surface area contributed by atoms with E-state index in [-0.39, 0.29) is 0 Å². The summed E-state index contributed by atoms with van der Waals surface area (Å²) in [5, 5.41) is 9.58. The Kier molecular flexibility index (Phi) is 3.34. The summed E-state index contributed by atoms with van der Waals surface area (Å²) in [6.45, 7) is 6.69. The monoisotopic (exact) mass is 221 g/mol. The van der Waals surface area contributed by atoms with Gasteiger partial charge < -0.3 is 14.7 Å². The van der Waals surface area contributed by atoms with Gasteiger partial charge in [-0.2, -0.15) is 0 Å². The molecule has 3 nitrogen and oxygen atoms in total. The zero-order chi connectivity index (χ0) is 11.5. The molecule has 1 N–H and O–H groups in total. The predicted molar refractivity (Wildman–Crippen MR) is 65.1 cm³/mol. The number of anilines is 1. The summed E-state index contributed by atoms with van der Waals surface area (Å²) >= 11 is 0. The van der Waals surface area contributed by atoms with Gasteiger partial charge in [0.2, 0.25) is 0 Å². The lowest BCUT2D eigenvalue weighted by molar-refractivity contribution is 0.199. The zero-order valence-electron chi connectivity index (χ0n) is 9.94. The van der Waals surface area contributed by atoms with Crippen molar-refractivity contribution in [1.29, 1.82) is 0 Å². The van der Waals surface area contributed by atoms with Crippen molar-refractivity contribution in [3.63, 3.8) is 0 Å². The molecular formula is C13H19NO2. The average molecular weight is 221 g/mol. The van der Waals surface area contributed by atoms with E-state index in [0.29, 0.717) is 0 Å². The minimum atomic E-state index is -0.421. The fourth-order valence-electron chi connectivity index (χ4n) is 2.05. The Labute approximate surface area is 96.6 Å². The fraction of sp³-hybridized carbons (Fsp3) is 0.538. The highest BCUT2D eigenvalue weighted by molar-refractivity contribution is 5.61. The van der Waals surface area contributed by atoms with E-state index in [1.807, 2.05) is 18.2 Å². The van der Waals surface area contributed by atoms with Crippen LogP contribution < -0.4 is 9.64 Å².